The van der Waals surface area contributed by atoms with E-state index in [-0.39, 0.29) is 11.6 Å². The predicted octanol–water partition coefficient (Wildman–Crippen LogP) is 8.01. The van der Waals surface area contributed by atoms with E-state index in [4.69, 9.17) is 11.6 Å². The molecule has 0 spiro atoms. The fraction of sp³-hybridized carbons (Fsp3) is 0.115. The van der Waals surface area contributed by atoms with Gasteiger partial charge in [-0.05, 0) is 31.4 Å². The molecule has 2 aromatic carbocycles. The highest BCUT2D eigenvalue weighted by Crippen LogP contribution is 2.39. The average Bonchev–Trinajstić information content (AvgIpc) is 3.48. The molecule has 35 heavy (non-hydrogen) atoms. The topological polar surface area (TPSA) is 43.6 Å². The Balaban J connectivity index is 1.79. The summed E-state index contributed by atoms with van der Waals surface area (Å²) in [5, 5.41) is 6.70. The number of halogens is 4. The molecule has 0 saturated heterocycles. The van der Waals surface area contributed by atoms with Crippen LogP contribution in [0.25, 0.3) is 39.0 Å². The summed E-state index contributed by atoms with van der Waals surface area (Å²) in [6.07, 6.45) is -4.66. The van der Waals surface area contributed by atoms with Crippen molar-refractivity contribution in [3.8, 4) is 39.0 Å². The van der Waals surface area contributed by atoms with Gasteiger partial charge in [-0.25, -0.2) is 9.97 Å². The molecule has 4 nitrogen and oxygen atoms in total. The van der Waals surface area contributed by atoms with Gasteiger partial charge in [0.1, 0.15) is 5.69 Å². The van der Waals surface area contributed by atoms with Gasteiger partial charge in [0.2, 0.25) is 0 Å². The predicted molar refractivity (Wildman–Crippen MR) is 133 cm³/mol. The van der Waals surface area contributed by atoms with E-state index in [1.165, 1.54) is 16.0 Å². The van der Waals surface area contributed by atoms with Gasteiger partial charge >= 0.3 is 6.18 Å². The van der Waals surface area contributed by atoms with Gasteiger partial charge in [0.25, 0.3) is 5.95 Å². The maximum Gasteiger partial charge on any atom is 0.433 e. The van der Waals surface area contributed by atoms with Crippen molar-refractivity contribution in [2.75, 3.05) is 0 Å². The first-order valence-corrected chi connectivity index (χ1v) is 11.9. The standard InChI is InChI=1S/C26H18ClF3N4S/c1-15-5-9-17(10-6-15)23-22(27)24(18-11-7-16(2)8-12-18)34(33-23)25-31-19(20-4-3-13-35-20)14-21(32-25)26(28,29)30/h3-14H,1-2H3. The van der Waals surface area contributed by atoms with Crippen molar-refractivity contribution in [3.63, 3.8) is 0 Å². The second-order valence-electron chi connectivity index (χ2n) is 8.07. The zero-order valence-electron chi connectivity index (χ0n) is 18.6. The minimum atomic E-state index is -4.66. The first-order chi connectivity index (χ1) is 16.7. The number of hydrogen-bond acceptors (Lipinski definition) is 4. The van der Waals surface area contributed by atoms with E-state index in [9.17, 15) is 13.2 Å². The Labute approximate surface area is 208 Å². The van der Waals surface area contributed by atoms with Crippen molar-refractivity contribution in [1.82, 2.24) is 19.7 Å². The summed E-state index contributed by atoms with van der Waals surface area (Å²) in [7, 11) is 0. The molecule has 0 aliphatic rings. The first-order valence-electron chi connectivity index (χ1n) is 10.6. The summed E-state index contributed by atoms with van der Waals surface area (Å²) < 4.78 is 42.8. The Bertz CT molecular complexity index is 1490. The first kappa shape index (κ1) is 23.3. The molecule has 3 aromatic heterocycles. The van der Waals surface area contributed by atoms with E-state index in [0.29, 0.717) is 26.9 Å². The number of nitrogens with zero attached hydrogens (tertiary/aromatic N) is 4. The zero-order chi connectivity index (χ0) is 24.7. The fourth-order valence-corrected chi connectivity index (χ4v) is 4.65. The second-order valence-corrected chi connectivity index (χ2v) is 9.39. The van der Waals surface area contributed by atoms with Crippen molar-refractivity contribution >= 4 is 22.9 Å². The van der Waals surface area contributed by atoms with Crippen LogP contribution in [-0.2, 0) is 6.18 Å². The molecule has 0 fully saturated rings. The van der Waals surface area contributed by atoms with E-state index >= 15 is 0 Å². The number of aryl methyl sites for hydroxylation is 2. The van der Waals surface area contributed by atoms with Gasteiger partial charge in [0, 0.05) is 11.1 Å². The molecule has 0 aliphatic heterocycles. The maximum atomic E-state index is 13.8. The Morgan fingerprint density at radius 3 is 2.06 bits per heavy atom. The minimum absolute atomic E-state index is 0.163. The van der Waals surface area contributed by atoms with Crippen molar-refractivity contribution in [1.29, 1.82) is 0 Å². The van der Waals surface area contributed by atoms with Crippen LogP contribution in [0.15, 0.2) is 72.1 Å². The molecule has 0 saturated carbocycles. The summed E-state index contributed by atoms with van der Waals surface area (Å²) in [4.78, 5) is 8.92. The summed E-state index contributed by atoms with van der Waals surface area (Å²) >= 11 is 8.13. The average molecular weight is 511 g/mol. The lowest BCUT2D eigenvalue weighted by Crippen LogP contribution is -2.14. The SMILES string of the molecule is Cc1ccc(-c2nn(-c3nc(-c4cccs4)cc(C(F)(F)F)n3)c(-c3ccc(C)cc3)c2Cl)cc1. The van der Waals surface area contributed by atoms with Crippen molar-refractivity contribution in [2.24, 2.45) is 0 Å². The van der Waals surface area contributed by atoms with Crippen LogP contribution in [0.3, 0.4) is 0 Å². The van der Waals surface area contributed by atoms with E-state index in [1.54, 1.807) is 17.5 Å². The highest BCUT2D eigenvalue weighted by atomic mass is 35.5. The molecule has 0 N–H and O–H groups in total. The molecule has 5 aromatic rings. The molecule has 5 rings (SSSR count). The number of benzene rings is 2. The van der Waals surface area contributed by atoms with Gasteiger partial charge in [-0.1, -0.05) is 77.3 Å². The maximum absolute atomic E-state index is 13.8. The third-order valence-corrected chi connectivity index (χ3v) is 6.70. The van der Waals surface area contributed by atoms with Crippen LogP contribution in [-0.4, -0.2) is 19.7 Å². The lowest BCUT2D eigenvalue weighted by molar-refractivity contribution is -0.141. The third-order valence-electron chi connectivity index (χ3n) is 5.45. The third kappa shape index (κ3) is 4.59. The summed E-state index contributed by atoms with van der Waals surface area (Å²) in [6, 6.07) is 19.5. The molecule has 0 aliphatic carbocycles. The number of alkyl halides is 3. The monoisotopic (exact) mass is 510 g/mol. The van der Waals surface area contributed by atoms with E-state index in [2.05, 4.69) is 15.1 Å². The van der Waals surface area contributed by atoms with E-state index in [0.717, 1.165) is 22.8 Å². The summed E-state index contributed by atoms with van der Waals surface area (Å²) in [5.41, 5.74) is 3.47. The Morgan fingerprint density at radius 2 is 1.49 bits per heavy atom. The molecule has 9 heteroatoms. The minimum Gasteiger partial charge on any atom is -0.210 e. The van der Waals surface area contributed by atoms with Gasteiger partial charge in [-0.15, -0.1) is 11.3 Å². The highest BCUT2D eigenvalue weighted by molar-refractivity contribution is 7.13. The van der Waals surface area contributed by atoms with Crippen LogP contribution in [0, 0.1) is 13.8 Å². The Hall–Kier alpha value is -3.49. The molecular weight excluding hydrogens is 493 g/mol. The molecular formula is C26H18ClF3N4S. The number of aromatic nitrogens is 4. The Morgan fingerprint density at radius 1 is 0.857 bits per heavy atom. The van der Waals surface area contributed by atoms with E-state index < -0.39 is 11.9 Å². The number of hydrogen-bond donors (Lipinski definition) is 0. The largest absolute Gasteiger partial charge is 0.433 e. The second kappa shape index (κ2) is 8.94. The van der Waals surface area contributed by atoms with Crippen LogP contribution in [0.4, 0.5) is 13.2 Å². The van der Waals surface area contributed by atoms with Crippen LogP contribution in [0.5, 0.6) is 0 Å². The highest BCUT2D eigenvalue weighted by Gasteiger charge is 2.35. The van der Waals surface area contributed by atoms with Gasteiger partial charge in [0.15, 0.2) is 5.69 Å². The lowest BCUT2D eigenvalue weighted by Gasteiger charge is -2.12. The zero-order valence-corrected chi connectivity index (χ0v) is 20.2. The molecule has 3 heterocycles. The van der Waals surface area contributed by atoms with E-state index in [1.807, 2.05) is 62.4 Å². The molecule has 0 bridgehead atoms. The number of rotatable bonds is 4. The van der Waals surface area contributed by atoms with Crippen LogP contribution in [0.2, 0.25) is 5.02 Å². The van der Waals surface area contributed by atoms with Gasteiger partial charge in [-0.2, -0.15) is 23.0 Å². The smallest absolute Gasteiger partial charge is 0.210 e. The molecule has 0 radical (unpaired) electrons. The normalized spacial score (nSPS) is 11.7. The van der Waals surface area contributed by atoms with Gasteiger partial charge < -0.3 is 0 Å². The van der Waals surface area contributed by atoms with Crippen LogP contribution >= 0.6 is 22.9 Å². The van der Waals surface area contributed by atoms with Crippen molar-refractivity contribution in [3.05, 3.63) is 94.0 Å². The summed E-state index contributed by atoms with van der Waals surface area (Å²) in [6.45, 7) is 3.91. The molecule has 0 atom stereocenters. The molecule has 176 valence electrons. The lowest BCUT2D eigenvalue weighted by atomic mass is 10.1. The number of thiophene rings is 1. The quantitative estimate of drug-likeness (QED) is 0.246. The van der Waals surface area contributed by atoms with Crippen LogP contribution < -0.4 is 0 Å². The van der Waals surface area contributed by atoms with Gasteiger partial charge in [-0.3, -0.25) is 0 Å². The Kier molecular flexibility index (Phi) is 5.94. The fourth-order valence-electron chi connectivity index (χ4n) is 3.63. The van der Waals surface area contributed by atoms with Gasteiger partial charge in [0.05, 0.1) is 21.3 Å². The van der Waals surface area contributed by atoms with Crippen molar-refractivity contribution < 1.29 is 13.2 Å². The molecule has 0 unspecified atom stereocenters. The molecule has 0 amide bonds. The van der Waals surface area contributed by atoms with Crippen LogP contribution in [0.1, 0.15) is 16.8 Å². The summed E-state index contributed by atoms with van der Waals surface area (Å²) in [5.74, 6) is -0.209. The van der Waals surface area contributed by atoms with Crippen molar-refractivity contribution in [2.45, 2.75) is 20.0 Å².